The summed E-state index contributed by atoms with van der Waals surface area (Å²) in [4.78, 5) is 7.74. The van der Waals surface area contributed by atoms with Gasteiger partial charge in [0.15, 0.2) is 14.9 Å². The molecule has 0 spiro atoms. The molecule has 2 aromatic rings. The summed E-state index contributed by atoms with van der Waals surface area (Å²) in [5, 5.41) is 3.54. The molecule has 0 aromatic carbocycles. The summed E-state index contributed by atoms with van der Waals surface area (Å²) in [6.45, 7) is 5.61. The lowest BCUT2D eigenvalue weighted by atomic mass is 10.2. The van der Waals surface area contributed by atoms with Gasteiger partial charge in [0.1, 0.15) is 5.82 Å². The van der Waals surface area contributed by atoms with Crippen LogP contribution < -0.4 is 11.5 Å². The van der Waals surface area contributed by atoms with Gasteiger partial charge in [-0.05, 0) is 20.8 Å². The van der Waals surface area contributed by atoms with E-state index in [1.807, 2.05) is 6.92 Å². The molecule has 2 heterocycles. The highest BCUT2D eigenvalue weighted by molar-refractivity contribution is 7.92. The van der Waals surface area contributed by atoms with Gasteiger partial charge in [0.25, 0.3) is 0 Å². The second kappa shape index (κ2) is 5.32. The summed E-state index contributed by atoms with van der Waals surface area (Å²) in [6, 6.07) is 0. The van der Waals surface area contributed by atoms with E-state index in [2.05, 4.69) is 15.1 Å². The topological polar surface area (TPSA) is 130 Å². The zero-order chi connectivity index (χ0) is 15.8. The molecule has 0 atom stereocenters. The van der Waals surface area contributed by atoms with Crippen LogP contribution in [0.5, 0.6) is 0 Å². The molecule has 0 unspecified atom stereocenters. The number of hydrogen-bond donors (Lipinski definition) is 2. The summed E-state index contributed by atoms with van der Waals surface area (Å²) < 4.78 is 26.4. The Balaban J connectivity index is 2.72. The van der Waals surface area contributed by atoms with Crippen molar-refractivity contribution in [2.24, 2.45) is 0 Å². The van der Waals surface area contributed by atoms with E-state index in [0.29, 0.717) is 17.7 Å². The lowest BCUT2D eigenvalue weighted by molar-refractivity contribution is 0.574. The normalized spacial score (nSPS) is 12.0. The predicted molar refractivity (Wildman–Crippen MR) is 80.1 cm³/mol. The Morgan fingerprint density at radius 1 is 1.29 bits per heavy atom. The maximum atomic E-state index is 12.5. The number of nitrogens with two attached hydrogens (primary N) is 2. The number of anilines is 2. The van der Waals surface area contributed by atoms with Crippen molar-refractivity contribution in [3.05, 3.63) is 12.4 Å². The van der Waals surface area contributed by atoms with Gasteiger partial charge in [-0.3, -0.25) is 4.68 Å². The van der Waals surface area contributed by atoms with Crippen molar-refractivity contribution < 1.29 is 8.42 Å². The third kappa shape index (κ3) is 2.68. The average Bonchev–Trinajstić information content (AvgIpc) is 2.83. The average molecular weight is 310 g/mol. The Labute approximate surface area is 123 Å². The third-order valence-corrected chi connectivity index (χ3v) is 5.15. The van der Waals surface area contributed by atoms with Gasteiger partial charge in [-0.25, -0.2) is 13.4 Å². The molecule has 0 fully saturated rings. The molecule has 0 bridgehead atoms. The monoisotopic (exact) mass is 310 g/mol. The van der Waals surface area contributed by atoms with E-state index < -0.39 is 15.1 Å². The molecule has 9 heteroatoms. The van der Waals surface area contributed by atoms with E-state index in [1.165, 1.54) is 6.20 Å². The number of nitrogens with zero attached hydrogens (tertiary/aromatic N) is 4. The second-order valence-electron chi connectivity index (χ2n) is 4.82. The molecule has 114 valence electrons. The highest BCUT2D eigenvalue weighted by atomic mass is 32.2. The first-order chi connectivity index (χ1) is 9.77. The Bertz CT molecular complexity index is 766. The third-order valence-electron chi connectivity index (χ3n) is 3.07. The molecule has 0 aliphatic rings. The molecular formula is C12H18N6O2S. The smallest absolute Gasteiger partial charge is 0.221 e. The van der Waals surface area contributed by atoms with Gasteiger partial charge < -0.3 is 11.5 Å². The fourth-order valence-electron chi connectivity index (χ4n) is 1.80. The highest BCUT2D eigenvalue weighted by Crippen LogP contribution is 2.31. The minimum atomic E-state index is -3.55. The number of rotatable bonds is 4. The van der Waals surface area contributed by atoms with Crippen LogP contribution in [-0.2, 0) is 16.4 Å². The highest BCUT2D eigenvalue weighted by Gasteiger charge is 2.28. The lowest BCUT2D eigenvalue weighted by Crippen LogP contribution is -2.16. The van der Waals surface area contributed by atoms with Crippen molar-refractivity contribution in [2.45, 2.75) is 37.6 Å². The summed E-state index contributed by atoms with van der Waals surface area (Å²) in [6.07, 6.45) is 3.04. The van der Waals surface area contributed by atoms with E-state index in [4.69, 9.17) is 11.5 Å². The standard InChI is InChI=1S/C12H18N6O2S/c1-4-18-6-9(8-5-15-12(14)16-10(8)13)11(17-18)21(19,20)7(2)3/h5-7H,4H2,1-3H3,(H4,13,14,15,16). The van der Waals surface area contributed by atoms with Gasteiger partial charge in [-0.15, -0.1) is 0 Å². The zero-order valence-corrected chi connectivity index (χ0v) is 12.9. The number of hydrogen-bond acceptors (Lipinski definition) is 7. The fraction of sp³-hybridized carbons (Fsp3) is 0.417. The van der Waals surface area contributed by atoms with Gasteiger partial charge in [-0.2, -0.15) is 10.1 Å². The van der Waals surface area contributed by atoms with Gasteiger partial charge in [0.2, 0.25) is 5.95 Å². The molecule has 21 heavy (non-hydrogen) atoms. The molecule has 2 rings (SSSR count). The predicted octanol–water partition coefficient (Wildman–Crippen LogP) is 0.706. The molecule has 8 nitrogen and oxygen atoms in total. The molecular weight excluding hydrogens is 292 g/mol. The van der Waals surface area contributed by atoms with Crippen molar-refractivity contribution >= 4 is 21.6 Å². The van der Waals surface area contributed by atoms with Crippen LogP contribution in [0.4, 0.5) is 11.8 Å². The molecule has 2 aromatic heterocycles. The van der Waals surface area contributed by atoms with Crippen molar-refractivity contribution in [2.75, 3.05) is 11.5 Å². The maximum absolute atomic E-state index is 12.5. The van der Waals surface area contributed by atoms with Crippen LogP contribution in [-0.4, -0.2) is 33.4 Å². The SMILES string of the molecule is CCn1cc(-c2cnc(N)nc2N)c(S(=O)(=O)C(C)C)n1. The van der Waals surface area contributed by atoms with Crippen molar-refractivity contribution in [3.63, 3.8) is 0 Å². The Hall–Kier alpha value is -2.16. The Morgan fingerprint density at radius 3 is 2.48 bits per heavy atom. The minimum Gasteiger partial charge on any atom is -0.383 e. The minimum absolute atomic E-state index is 0.0144. The van der Waals surface area contributed by atoms with Gasteiger partial charge >= 0.3 is 0 Å². The maximum Gasteiger partial charge on any atom is 0.221 e. The molecule has 0 aliphatic heterocycles. The number of nitrogen functional groups attached to an aromatic ring is 2. The number of aromatic nitrogens is 4. The van der Waals surface area contributed by atoms with Crippen molar-refractivity contribution in [3.8, 4) is 11.1 Å². The van der Waals surface area contributed by atoms with Crippen LogP contribution in [0.25, 0.3) is 11.1 Å². The fourth-order valence-corrected chi connectivity index (χ4v) is 2.94. The van der Waals surface area contributed by atoms with Gasteiger partial charge in [0.05, 0.1) is 5.25 Å². The van der Waals surface area contributed by atoms with Crippen LogP contribution in [0.1, 0.15) is 20.8 Å². The van der Waals surface area contributed by atoms with Crippen LogP contribution in [0.2, 0.25) is 0 Å². The molecule has 0 saturated heterocycles. The summed E-state index contributed by atoms with van der Waals surface area (Å²) in [5.41, 5.74) is 12.1. The van der Waals surface area contributed by atoms with Crippen molar-refractivity contribution in [1.82, 2.24) is 19.7 Å². The molecule has 4 N–H and O–H groups in total. The summed E-state index contributed by atoms with van der Waals surface area (Å²) >= 11 is 0. The van der Waals surface area contributed by atoms with Crippen LogP contribution in [0.15, 0.2) is 17.4 Å². The number of sulfone groups is 1. The summed E-state index contributed by atoms with van der Waals surface area (Å²) in [5.74, 6) is 0.158. The molecule has 0 aliphatic carbocycles. The van der Waals surface area contributed by atoms with E-state index in [1.54, 1.807) is 24.7 Å². The van der Waals surface area contributed by atoms with E-state index in [9.17, 15) is 8.42 Å². The molecule has 0 amide bonds. The Morgan fingerprint density at radius 2 is 1.95 bits per heavy atom. The van der Waals surface area contributed by atoms with Crippen LogP contribution >= 0.6 is 0 Å². The van der Waals surface area contributed by atoms with E-state index >= 15 is 0 Å². The zero-order valence-electron chi connectivity index (χ0n) is 12.1. The number of aryl methyl sites for hydroxylation is 1. The van der Waals surface area contributed by atoms with Crippen molar-refractivity contribution in [1.29, 1.82) is 0 Å². The molecule has 0 radical (unpaired) electrons. The largest absolute Gasteiger partial charge is 0.383 e. The van der Waals surface area contributed by atoms with E-state index in [0.717, 1.165) is 0 Å². The van der Waals surface area contributed by atoms with Crippen LogP contribution in [0, 0.1) is 0 Å². The lowest BCUT2D eigenvalue weighted by Gasteiger charge is -2.08. The first-order valence-corrected chi connectivity index (χ1v) is 8.01. The van der Waals surface area contributed by atoms with Crippen LogP contribution in [0.3, 0.4) is 0 Å². The molecule has 0 saturated carbocycles. The quantitative estimate of drug-likeness (QED) is 0.850. The van der Waals surface area contributed by atoms with Gasteiger partial charge in [0, 0.05) is 30.1 Å². The van der Waals surface area contributed by atoms with E-state index in [-0.39, 0.29) is 16.8 Å². The first-order valence-electron chi connectivity index (χ1n) is 6.47. The Kier molecular flexibility index (Phi) is 3.86. The first kappa shape index (κ1) is 15.2. The summed E-state index contributed by atoms with van der Waals surface area (Å²) in [7, 11) is -3.55. The second-order valence-corrected chi connectivity index (χ2v) is 7.24. The van der Waals surface area contributed by atoms with Gasteiger partial charge in [-0.1, -0.05) is 0 Å².